The minimum absolute atomic E-state index is 0.0837. The number of rotatable bonds is 5. The third kappa shape index (κ3) is 4.04. The fraction of sp³-hybridized carbons (Fsp3) is 0.211. The van der Waals surface area contributed by atoms with Crippen molar-refractivity contribution in [2.24, 2.45) is 10.5 Å². The first kappa shape index (κ1) is 20.7. The van der Waals surface area contributed by atoms with Crippen molar-refractivity contribution in [2.45, 2.75) is 20.5 Å². The smallest absolute Gasteiger partial charge is 0.387 e. The summed E-state index contributed by atoms with van der Waals surface area (Å²) in [5.74, 6) is -2.10. The largest absolute Gasteiger partial charge is 0.435 e. The van der Waals surface area contributed by atoms with Crippen LogP contribution in [0.3, 0.4) is 0 Å². The Morgan fingerprint density at radius 2 is 1.90 bits per heavy atom. The van der Waals surface area contributed by atoms with Gasteiger partial charge in [0.1, 0.15) is 11.6 Å². The van der Waals surface area contributed by atoms with Gasteiger partial charge in [-0.1, -0.05) is 11.6 Å². The molecule has 1 N–H and O–H groups in total. The summed E-state index contributed by atoms with van der Waals surface area (Å²) in [5, 5.41) is 7.69. The lowest BCUT2D eigenvalue weighted by Gasteiger charge is -2.23. The van der Waals surface area contributed by atoms with Gasteiger partial charge in [0.15, 0.2) is 5.41 Å². The van der Waals surface area contributed by atoms with Crippen molar-refractivity contribution >= 4 is 40.5 Å². The van der Waals surface area contributed by atoms with Gasteiger partial charge in [0.2, 0.25) is 5.91 Å². The molecule has 2 aromatic rings. The van der Waals surface area contributed by atoms with Crippen LogP contribution in [0.25, 0.3) is 0 Å². The zero-order chi connectivity index (χ0) is 21.3. The lowest BCUT2D eigenvalue weighted by molar-refractivity contribution is -0.132. The van der Waals surface area contributed by atoms with Gasteiger partial charge in [-0.25, -0.2) is 4.39 Å². The molecule has 1 aliphatic rings. The Morgan fingerprint density at radius 1 is 1.24 bits per heavy atom. The number of benzene rings is 2. The van der Waals surface area contributed by atoms with Gasteiger partial charge in [-0.2, -0.15) is 18.9 Å². The molecule has 1 aliphatic heterocycles. The van der Waals surface area contributed by atoms with Gasteiger partial charge in [0, 0.05) is 10.7 Å². The van der Waals surface area contributed by atoms with Crippen LogP contribution in [0, 0.1) is 11.2 Å². The first-order valence-corrected chi connectivity index (χ1v) is 8.71. The van der Waals surface area contributed by atoms with Crippen LogP contribution in [-0.4, -0.2) is 24.1 Å². The van der Waals surface area contributed by atoms with E-state index < -0.39 is 29.7 Å². The van der Waals surface area contributed by atoms with E-state index in [-0.39, 0.29) is 27.9 Å². The zero-order valence-electron chi connectivity index (χ0n) is 15.2. The predicted molar refractivity (Wildman–Crippen MR) is 102 cm³/mol. The van der Waals surface area contributed by atoms with Crippen LogP contribution in [0.1, 0.15) is 13.8 Å². The van der Waals surface area contributed by atoms with Gasteiger partial charge in [-0.05, 0) is 56.3 Å². The number of hydrogen-bond acceptors (Lipinski definition) is 4. The number of anilines is 2. The van der Waals surface area contributed by atoms with Crippen molar-refractivity contribution in [1.29, 1.82) is 0 Å². The summed E-state index contributed by atoms with van der Waals surface area (Å²) in [6.45, 7) is -0.0824. The lowest BCUT2D eigenvalue weighted by atomic mass is 9.84. The third-order valence-corrected chi connectivity index (χ3v) is 4.69. The Morgan fingerprint density at radius 3 is 2.48 bits per heavy atom. The molecule has 0 fully saturated rings. The first-order chi connectivity index (χ1) is 13.6. The molecule has 3 rings (SSSR count). The minimum Gasteiger partial charge on any atom is -0.435 e. The highest BCUT2D eigenvalue weighted by atomic mass is 35.5. The fourth-order valence-electron chi connectivity index (χ4n) is 2.75. The molecule has 2 amide bonds. The first-order valence-electron chi connectivity index (χ1n) is 8.34. The summed E-state index contributed by atoms with van der Waals surface area (Å²) in [6.07, 6.45) is 0. The highest BCUT2D eigenvalue weighted by Gasteiger charge is 2.51. The van der Waals surface area contributed by atoms with Gasteiger partial charge < -0.3 is 10.1 Å². The highest BCUT2D eigenvalue weighted by molar-refractivity contribution is 6.33. The van der Waals surface area contributed by atoms with E-state index in [4.69, 9.17) is 11.6 Å². The van der Waals surface area contributed by atoms with Crippen molar-refractivity contribution in [1.82, 2.24) is 0 Å². The van der Waals surface area contributed by atoms with Crippen LogP contribution in [0.4, 0.5) is 24.5 Å². The normalized spacial score (nSPS) is 18.8. The molecule has 2 aromatic carbocycles. The Balaban J connectivity index is 1.83. The van der Waals surface area contributed by atoms with E-state index >= 15 is 0 Å². The number of nitrogens with zero attached hydrogens (tertiary/aromatic N) is 2. The molecule has 6 nitrogen and oxygen atoms in total. The molecular weight excluding hydrogens is 411 g/mol. The van der Waals surface area contributed by atoms with Crippen molar-refractivity contribution in [3.05, 3.63) is 53.3 Å². The monoisotopic (exact) mass is 425 g/mol. The Kier molecular flexibility index (Phi) is 5.52. The van der Waals surface area contributed by atoms with E-state index in [0.29, 0.717) is 0 Å². The second-order valence-corrected chi connectivity index (χ2v) is 6.85. The maximum Gasteiger partial charge on any atom is 0.387 e. The lowest BCUT2D eigenvalue weighted by Crippen LogP contribution is -2.46. The molecule has 1 atom stereocenters. The van der Waals surface area contributed by atoms with Crippen LogP contribution >= 0.6 is 11.6 Å². The highest BCUT2D eigenvalue weighted by Crippen LogP contribution is 2.35. The van der Waals surface area contributed by atoms with Crippen LogP contribution < -0.4 is 15.1 Å². The summed E-state index contributed by atoms with van der Waals surface area (Å²) < 4.78 is 42.3. The molecule has 1 unspecified atom stereocenters. The summed E-state index contributed by atoms with van der Waals surface area (Å²) in [6, 6.07) is 8.73. The van der Waals surface area contributed by atoms with Crippen molar-refractivity contribution in [2.75, 3.05) is 10.3 Å². The predicted octanol–water partition coefficient (Wildman–Crippen LogP) is 4.45. The Labute approximate surface area is 168 Å². The number of amides is 2. The number of hydrogen-bond donors (Lipinski definition) is 1. The topological polar surface area (TPSA) is 71.0 Å². The van der Waals surface area contributed by atoms with E-state index in [1.807, 2.05) is 0 Å². The molecule has 10 heteroatoms. The number of hydrazone groups is 1. The van der Waals surface area contributed by atoms with Gasteiger partial charge >= 0.3 is 6.61 Å². The number of carbonyl (C=O) groups is 2. The number of carbonyl (C=O) groups excluding carboxylic acids is 2. The Bertz CT molecular complexity index is 978. The van der Waals surface area contributed by atoms with Crippen molar-refractivity contribution in [3.63, 3.8) is 0 Å². The molecular formula is C19H15ClF3N3O3. The van der Waals surface area contributed by atoms with Crippen LogP contribution in [-0.2, 0) is 9.59 Å². The second kappa shape index (κ2) is 7.75. The average molecular weight is 426 g/mol. The van der Waals surface area contributed by atoms with Gasteiger partial charge in [0.25, 0.3) is 5.91 Å². The maximum atomic E-state index is 13.5. The molecule has 0 spiro atoms. The minimum atomic E-state index is -2.97. The summed E-state index contributed by atoms with van der Waals surface area (Å²) in [4.78, 5) is 25.8. The number of nitrogens with one attached hydrogen (secondary N) is 1. The van der Waals surface area contributed by atoms with E-state index in [9.17, 15) is 22.8 Å². The third-order valence-electron chi connectivity index (χ3n) is 4.47. The maximum absolute atomic E-state index is 13.5. The molecule has 0 aliphatic carbocycles. The molecule has 152 valence electrons. The SMILES string of the molecule is CC1=NN(c2ccc(OC(F)F)cc2)C(=O)C1(C)C(=O)Nc1cc(F)cc(Cl)c1. The Hall–Kier alpha value is -3.07. The van der Waals surface area contributed by atoms with Gasteiger partial charge in [-0.3, -0.25) is 9.59 Å². The molecule has 0 saturated carbocycles. The van der Waals surface area contributed by atoms with E-state index in [2.05, 4.69) is 15.2 Å². The summed E-state index contributed by atoms with van der Waals surface area (Å²) in [7, 11) is 0. The fourth-order valence-corrected chi connectivity index (χ4v) is 2.97. The molecule has 29 heavy (non-hydrogen) atoms. The van der Waals surface area contributed by atoms with Crippen LogP contribution in [0.2, 0.25) is 5.02 Å². The number of ether oxygens (including phenoxy) is 1. The van der Waals surface area contributed by atoms with Crippen molar-refractivity contribution < 1.29 is 27.5 Å². The van der Waals surface area contributed by atoms with Crippen LogP contribution in [0.5, 0.6) is 5.75 Å². The van der Waals surface area contributed by atoms with E-state index in [1.165, 1.54) is 44.2 Å². The van der Waals surface area contributed by atoms with Crippen LogP contribution in [0.15, 0.2) is 47.6 Å². The summed E-state index contributed by atoms with van der Waals surface area (Å²) >= 11 is 5.79. The summed E-state index contributed by atoms with van der Waals surface area (Å²) in [5.41, 5.74) is -1.10. The standard InChI is InChI=1S/C19H15ClF3N3O3/c1-10-19(2,16(27)24-13-8-11(20)7-12(21)9-13)17(28)26(25-10)14-3-5-15(6-4-14)29-18(22)23/h3-9,18H,1-2H3,(H,24,27). The quantitative estimate of drug-likeness (QED) is 0.719. The number of alkyl halides is 2. The molecule has 0 aromatic heterocycles. The zero-order valence-corrected chi connectivity index (χ0v) is 16.0. The average Bonchev–Trinajstić information content (AvgIpc) is 2.86. The molecule has 1 heterocycles. The molecule has 0 bridgehead atoms. The molecule has 0 radical (unpaired) electrons. The van der Waals surface area contributed by atoms with Gasteiger partial charge in [-0.15, -0.1) is 0 Å². The molecule has 0 saturated heterocycles. The van der Waals surface area contributed by atoms with Crippen molar-refractivity contribution in [3.8, 4) is 5.75 Å². The second-order valence-electron chi connectivity index (χ2n) is 6.41. The van der Waals surface area contributed by atoms with Gasteiger partial charge in [0.05, 0.1) is 11.4 Å². The van der Waals surface area contributed by atoms with E-state index in [1.54, 1.807) is 0 Å². The van der Waals surface area contributed by atoms with E-state index in [0.717, 1.165) is 17.1 Å². The number of halogens is 4.